The number of carbonyl (C=O) groups excluding carboxylic acids is 1. The van der Waals surface area contributed by atoms with Crippen LogP contribution in [0.3, 0.4) is 0 Å². The van der Waals surface area contributed by atoms with Gasteiger partial charge in [-0.2, -0.15) is 0 Å². The highest BCUT2D eigenvalue weighted by Crippen LogP contribution is 2.30. The summed E-state index contributed by atoms with van der Waals surface area (Å²) in [7, 11) is 3.19. The highest BCUT2D eigenvalue weighted by atomic mass is 16.5. The van der Waals surface area contributed by atoms with Crippen molar-refractivity contribution in [3.63, 3.8) is 0 Å². The van der Waals surface area contributed by atoms with Crippen molar-refractivity contribution < 1.29 is 14.3 Å². The van der Waals surface area contributed by atoms with Gasteiger partial charge in [0.25, 0.3) is 0 Å². The van der Waals surface area contributed by atoms with Crippen molar-refractivity contribution >= 4 is 16.9 Å². The van der Waals surface area contributed by atoms with Crippen molar-refractivity contribution in [1.82, 2.24) is 15.6 Å². The van der Waals surface area contributed by atoms with E-state index in [-0.39, 0.29) is 11.9 Å². The summed E-state index contributed by atoms with van der Waals surface area (Å²) in [6.07, 6.45) is 2.03. The average molecular weight is 430 g/mol. The molecule has 0 radical (unpaired) electrons. The lowest BCUT2D eigenvalue weighted by molar-refractivity contribution is 0.240. The number of benzene rings is 3. The van der Waals surface area contributed by atoms with E-state index in [1.165, 1.54) is 0 Å². The number of carbonyl (C=O) groups is 1. The SMILES string of the molecule is COc1ccc(CNC(=O)NCC(c2ccccc2)c2c[nH]c3ccccc23)cc1OC. The molecule has 1 unspecified atom stereocenters. The molecule has 0 bridgehead atoms. The Hall–Kier alpha value is -3.93. The van der Waals surface area contributed by atoms with Crippen LogP contribution >= 0.6 is 0 Å². The number of hydrogen-bond donors (Lipinski definition) is 3. The van der Waals surface area contributed by atoms with Gasteiger partial charge in [0.05, 0.1) is 14.2 Å². The summed E-state index contributed by atoms with van der Waals surface area (Å²) in [6.45, 7) is 0.860. The Morgan fingerprint density at radius 2 is 1.66 bits per heavy atom. The average Bonchev–Trinajstić information content (AvgIpc) is 3.27. The first-order valence-corrected chi connectivity index (χ1v) is 10.5. The zero-order valence-corrected chi connectivity index (χ0v) is 18.2. The molecule has 0 saturated carbocycles. The third-order valence-corrected chi connectivity index (χ3v) is 5.57. The van der Waals surface area contributed by atoms with Gasteiger partial charge in [-0.05, 0) is 34.9 Å². The summed E-state index contributed by atoms with van der Waals surface area (Å²) >= 11 is 0. The van der Waals surface area contributed by atoms with Crippen LogP contribution in [-0.4, -0.2) is 31.8 Å². The van der Waals surface area contributed by atoms with Crippen LogP contribution in [0.4, 0.5) is 4.79 Å². The molecule has 6 nitrogen and oxygen atoms in total. The number of aromatic nitrogens is 1. The first kappa shape index (κ1) is 21.3. The summed E-state index contributed by atoms with van der Waals surface area (Å²) in [5, 5.41) is 7.12. The summed E-state index contributed by atoms with van der Waals surface area (Å²) in [6, 6.07) is 23.8. The van der Waals surface area contributed by atoms with E-state index in [2.05, 4.69) is 39.9 Å². The van der Waals surface area contributed by atoms with Gasteiger partial charge in [0.15, 0.2) is 11.5 Å². The Balaban J connectivity index is 1.45. The van der Waals surface area contributed by atoms with Crippen LogP contribution < -0.4 is 20.1 Å². The van der Waals surface area contributed by atoms with Gasteiger partial charge in [-0.1, -0.05) is 54.6 Å². The van der Waals surface area contributed by atoms with Crippen LogP contribution in [0, 0.1) is 0 Å². The van der Waals surface area contributed by atoms with E-state index in [9.17, 15) is 4.79 Å². The second-order valence-electron chi connectivity index (χ2n) is 7.51. The smallest absolute Gasteiger partial charge is 0.315 e. The highest BCUT2D eigenvalue weighted by molar-refractivity contribution is 5.84. The number of fused-ring (bicyclic) bond motifs is 1. The summed E-state index contributed by atoms with van der Waals surface area (Å²) in [5.41, 5.74) is 4.32. The van der Waals surface area contributed by atoms with Gasteiger partial charge in [-0.15, -0.1) is 0 Å². The number of rotatable bonds is 8. The molecule has 1 heterocycles. The fourth-order valence-corrected chi connectivity index (χ4v) is 3.91. The molecule has 4 aromatic rings. The predicted octanol–water partition coefficient (Wildman–Crippen LogP) is 4.82. The molecule has 32 heavy (non-hydrogen) atoms. The Morgan fingerprint density at radius 3 is 2.44 bits per heavy atom. The van der Waals surface area contributed by atoms with Gasteiger partial charge in [0.2, 0.25) is 0 Å². The molecule has 1 atom stereocenters. The maximum absolute atomic E-state index is 12.6. The maximum Gasteiger partial charge on any atom is 0.315 e. The zero-order chi connectivity index (χ0) is 22.3. The molecule has 3 aromatic carbocycles. The van der Waals surface area contributed by atoms with Gasteiger partial charge in [-0.3, -0.25) is 0 Å². The minimum Gasteiger partial charge on any atom is -0.493 e. The predicted molar refractivity (Wildman–Crippen MR) is 126 cm³/mol. The Labute approximate surface area is 187 Å². The molecule has 4 rings (SSSR count). The molecule has 6 heteroatoms. The van der Waals surface area contributed by atoms with E-state index in [0.29, 0.717) is 24.6 Å². The lowest BCUT2D eigenvalue weighted by Crippen LogP contribution is -2.37. The first-order chi connectivity index (χ1) is 15.7. The van der Waals surface area contributed by atoms with Crippen molar-refractivity contribution in [2.24, 2.45) is 0 Å². The molecule has 0 saturated heterocycles. The van der Waals surface area contributed by atoms with E-state index in [0.717, 1.165) is 27.6 Å². The number of urea groups is 1. The van der Waals surface area contributed by atoms with E-state index in [4.69, 9.17) is 9.47 Å². The number of H-pyrrole nitrogens is 1. The quantitative estimate of drug-likeness (QED) is 0.376. The zero-order valence-electron chi connectivity index (χ0n) is 18.2. The van der Waals surface area contributed by atoms with E-state index in [1.807, 2.05) is 54.7 Å². The molecule has 0 fully saturated rings. The Kier molecular flexibility index (Phi) is 6.60. The van der Waals surface area contributed by atoms with Crippen LogP contribution in [-0.2, 0) is 6.54 Å². The second kappa shape index (κ2) is 9.92. The fourth-order valence-electron chi connectivity index (χ4n) is 3.91. The van der Waals surface area contributed by atoms with Crippen LogP contribution in [0.1, 0.15) is 22.6 Å². The number of amides is 2. The second-order valence-corrected chi connectivity index (χ2v) is 7.51. The van der Waals surface area contributed by atoms with Crippen molar-refractivity contribution in [2.45, 2.75) is 12.5 Å². The number of methoxy groups -OCH3 is 2. The molecular formula is C26H27N3O3. The van der Waals surface area contributed by atoms with Crippen LogP contribution in [0.5, 0.6) is 11.5 Å². The molecule has 3 N–H and O–H groups in total. The minimum atomic E-state index is -0.222. The third-order valence-electron chi connectivity index (χ3n) is 5.57. The molecule has 1 aromatic heterocycles. The molecule has 2 amide bonds. The minimum absolute atomic E-state index is 0.0270. The van der Waals surface area contributed by atoms with Crippen LogP contribution in [0.25, 0.3) is 10.9 Å². The van der Waals surface area contributed by atoms with E-state index >= 15 is 0 Å². The number of ether oxygens (including phenoxy) is 2. The van der Waals surface area contributed by atoms with E-state index < -0.39 is 0 Å². The Bertz CT molecular complexity index is 1190. The summed E-state index contributed by atoms with van der Waals surface area (Å²) < 4.78 is 10.6. The summed E-state index contributed by atoms with van der Waals surface area (Å²) in [4.78, 5) is 15.9. The first-order valence-electron chi connectivity index (χ1n) is 10.5. The lowest BCUT2D eigenvalue weighted by atomic mass is 9.91. The highest BCUT2D eigenvalue weighted by Gasteiger charge is 2.19. The monoisotopic (exact) mass is 429 g/mol. The normalized spacial score (nSPS) is 11.7. The largest absolute Gasteiger partial charge is 0.493 e. The maximum atomic E-state index is 12.6. The van der Waals surface area contributed by atoms with Gasteiger partial charge in [0, 0.05) is 36.1 Å². The van der Waals surface area contributed by atoms with Crippen molar-refractivity contribution in [2.75, 3.05) is 20.8 Å². The van der Waals surface area contributed by atoms with Crippen molar-refractivity contribution in [3.8, 4) is 11.5 Å². The molecule has 164 valence electrons. The molecule has 0 aliphatic rings. The topological polar surface area (TPSA) is 75.4 Å². The van der Waals surface area contributed by atoms with Crippen LogP contribution in [0.2, 0.25) is 0 Å². The number of nitrogens with one attached hydrogen (secondary N) is 3. The van der Waals surface area contributed by atoms with Gasteiger partial charge in [0.1, 0.15) is 0 Å². The molecule has 0 aliphatic carbocycles. The Morgan fingerprint density at radius 1 is 0.906 bits per heavy atom. The molecular weight excluding hydrogens is 402 g/mol. The van der Waals surface area contributed by atoms with E-state index in [1.54, 1.807) is 14.2 Å². The summed E-state index contributed by atoms with van der Waals surface area (Å²) in [5.74, 6) is 1.32. The van der Waals surface area contributed by atoms with Gasteiger partial charge in [-0.25, -0.2) is 4.79 Å². The van der Waals surface area contributed by atoms with Gasteiger partial charge < -0.3 is 25.1 Å². The van der Waals surface area contributed by atoms with Crippen LogP contribution in [0.15, 0.2) is 79.0 Å². The lowest BCUT2D eigenvalue weighted by Gasteiger charge is -2.18. The standard InChI is InChI=1S/C26H27N3O3/c1-31-24-13-12-18(14-25(24)32-2)15-28-26(30)29-16-21(19-8-4-3-5-9-19)22-17-27-23-11-7-6-10-20(22)23/h3-14,17,21,27H,15-16H2,1-2H3,(H2,28,29,30). The van der Waals surface area contributed by atoms with Crippen molar-refractivity contribution in [3.05, 3.63) is 95.7 Å². The number of hydrogen-bond acceptors (Lipinski definition) is 3. The molecule has 0 spiro atoms. The number of para-hydroxylation sites is 1. The van der Waals surface area contributed by atoms with Gasteiger partial charge >= 0.3 is 6.03 Å². The number of aromatic amines is 1. The van der Waals surface area contributed by atoms with Crippen molar-refractivity contribution in [1.29, 1.82) is 0 Å². The third kappa shape index (κ3) is 4.70. The molecule has 0 aliphatic heterocycles. The fraction of sp³-hybridized carbons (Fsp3) is 0.192.